The molecule has 0 bridgehead atoms. The molecular formula is C10H8N2O. The summed E-state index contributed by atoms with van der Waals surface area (Å²) in [5.74, 6) is 5.48. The van der Waals surface area contributed by atoms with Crippen LogP contribution in [-0.4, -0.2) is 16.7 Å². The van der Waals surface area contributed by atoms with E-state index in [0.717, 1.165) is 0 Å². The predicted octanol–water partition coefficient (Wildman–Crippen LogP) is 0.687. The molecule has 0 spiro atoms. The minimum atomic E-state index is 0.0466. The van der Waals surface area contributed by atoms with Crippen LogP contribution in [0.5, 0.6) is 0 Å². The van der Waals surface area contributed by atoms with Crippen LogP contribution in [0.15, 0.2) is 18.2 Å². The molecule has 0 aliphatic rings. The Morgan fingerprint density at radius 3 is 2.85 bits per heavy atom. The standard InChI is InChI=1S/C10H8N2O/c11-8-10-6-3-5-9(12-10)4-1-2-7-13/h3,5-6,13H,2,7H2. The Morgan fingerprint density at radius 2 is 2.15 bits per heavy atom. The van der Waals surface area contributed by atoms with E-state index in [1.54, 1.807) is 18.2 Å². The van der Waals surface area contributed by atoms with Crippen molar-refractivity contribution in [1.82, 2.24) is 4.98 Å². The zero-order valence-corrected chi connectivity index (χ0v) is 6.99. The van der Waals surface area contributed by atoms with E-state index >= 15 is 0 Å². The second kappa shape index (κ2) is 4.92. The zero-order valence-electron chi connectivity index (χ0n) is 6.99. The molecule has 3 heteroatoms. The van der Waals surface area contributed by atoms with E-state index < -0.39 is 0 Å². The van der Waals surface area contributed by atoms with Gasteiger partial charge in [-0.1, -0.05) is 12.0 Å². The van der Waals surface area contributed by atoms with Gasteiger partial charge in [0.15, 0.2) is 0 Å². The molecule has 0 aromatic carbocycles. The van der Waals surface area contributed by atoms with E-state index in [-0.39, 0.29) is 6.61 Å². The molecule has 0 radical (unpaired) electrons. The maximum absolute atomic E-state index is 8.53. The molecule has 1 aromatic heterocycles. The summed E-state index contributed by atoms with van der Waals surface area (Å²) in [4.78, 5) is 3.95. The lowest BCUT2D eigenvalue weighted by atomic mass is 10.3. The molecule has 0 aliphatic carbocycles. The Kier molecular flexibility index (Phi) is 3.50. The number of nitrogens with zero attached hydrogens (tertiary/aromatic N) is 2. The highest BCUT2D eigenvalue weighted by Crippen LogP contribution is 1.95. The van der Waals surface area contributed by atoms with Gasteiger partial charge < -0.3 is 5.11 Å². The molecule has 0 amide bonds. The fourth-order valence-electron chi connectivity index (χ4n) is 0.776. The van der Waals surface area contributed by atoms with Gasteiger partial charge in [-0.05, 0) is 18.1 Å². The summed E-state index contributed by atoms with van der Waals surface area (Å²) in [6.45, 7) is 0.0466. The van der Waals surface area contributed by atoms with Crippen LogP contribution in [0.25, 0.3) is 0 Å². The highest BCUT2D eigenvalue weighted by atomic mass is 16.2. The molecule has 1 aromatic rings. The van der Waals surface area contributed by atoms with Crippen molar-refractivity contribution in [3.8, 4) is 17.9 Å². The Balaban J connectivity index is 2.81. The molecule has 3 nitrogen and oxygen atoms in total. The molecule has 0 saturated heterocycles. The van der Waals surface area contributed by atoms with Crippen LogP contribution in [0, 0.1) is 23.2 Å². The van der Waals surface area contributed by atoms with E-state index in [2.05, 4.69) is 16.8 Å². The minimum absolute atomic E-state index is 0.0466. The third-order valence-corrected chi connectivity index (χ3v) is 1.32. The van der Waals surface area contributed by atoms with Gasteiger partial charge >= 0.3 is 0 Å². The number of aromatic nitrogens is 1. The molecule has 64 valence electrons. The van der Waals surface area contributed by atoms with Crippen LogP contribution >= 0.6 is 0 Å². The van der Waals surface area contributed by atoms with Crippen molar-refractivity contribution in [1.29, 1.82) is 5.26 Å². The lowest BCUT2D eigenvalue weighted by Gasteiger charge is -1.89. The lowest BCUT2D eigenvalue weighted by Crippen LogP contribution is -1.86. The molecule has 0 atom stereocenters. The average molecular weight is 172 g/mol. The molecular weight excluding hydrogens is 164 g/mol. The van der Waals surface area contributed by atoms with Crippen LogP contribution in [-0.2, 0) is 0 Å². The van der Waals surface area contributed by atoms with Gasteiger partial charge in [0, 0.05) is 6.42 Å². The average Bonchev–Trinajstić information content (AvgIpc) is 2.19. The Bertz CT molecular complexity index is 382. The second-order valence-corrected chi connectivity index (χ2v) is 2.30. The third kappa shape index (κ3) is 2.94. The van der Waals surface area contributed by atoms with Gasteiger partial charge in [-0.15, -0.1) is 0 Å². The van der Waals surface area contributed by atoms with Gasteiger partial charge in [0.1, 0.15) is 17.5 Å². The highest BCUT2D eigenvalue weighted by molar-refractivity contribution is 5.31. The fraction of sp³-hybridized carbons (Fsp3) is 0.200. The summed E-state index contributed by atoms with van der Waals surface area (Å²) in [5, 5.41) is 17.0. The Hall–Kier alpha value is -1.84. The molecule has 13 heavy (non-hydrogen) atoms. The topological polar surface area (TPSA) is 56.9 Å². The normalized spacial score (nSPS) is 8.31. The first kappa shape index (κ1) is 9.25. The van der Waals surface area contributed by atoms with E-state index in [9.17, 15) is 0 Å². The number of aliphatic hydroxyl groups excluding tert-OH is 1. The molecule has 1 N–H and O–H groups in total. The maximum Gasteiger partial charge on any atom is 0.141 e. The number of rotatable bonds is 1. The van der Waals surface area contributed by atoms with Gasteiger partial charge in [0.25, 0.3) is 0 Å². The van der Waals surface area contributed by atoms with Gasteiger partial charge in [-0.2, -0.15) is 5.26 Å². The van der Waals surface area contributed by atoms with Crippen LogP contribution in [0.4, 0.5) is 0 Å². The summed E-state index contributed by atoms with van der Waals surface area (Å²) in [6, 6.07) is 7.01. The summed E-state index contributed by atoms with van der Waals surface area (Å²) >= 11 is 0. The molecule has 1 rings (SSSR count). The van der Waals surface area contributed by atoms with Crippen LogP contribution in [0.3, 0.4) is 0 Å². The van der Waals surface area contributed by atoms with Gasteiger partial charge in [0.2, 0.25) is 0 Å². The summed E-state index contributed by atoms with van der Waals surface area (Å²) in [7, 11) is 0. The number of hydrogen-bond donors (Lipinski definition) is 1. The first-order chi connectivity index (χ1) is 6.36. The predicted molar refractivity (Wildman–Crippen MR) is 47.5 cm³/mol. The number of hydrogen-bond acceptors (Lipinski definition) is 3. The lowest BCUT2D eigenvalue weighted by molar-refractivity contribution is 0.305. The Labute approximate surface area is 76.7 Å². The SMILES string of the molecule is N#Cc1cccc(C#CCCO)n1. The van der Waals surface area contributed by atoms with E-state index in [4.69, 9.17) is 10.4 Å². The van der Waals surface area contributed by atoms with E-state index in [1.165, 1.54) is 0 Å². The van der Waals surface area contributed by atoms with Crippen LogP contribution in [0.1, 0.15) is 17.8 Å². The van der Waals surface area contributed by atoms with Crippen molar-refractivity contribution < 1.29 is 5.11 Å². The first-order valence-corrected chi connectivity index (χ1v) is 3.83. The Morgan fingerprint density at radius 1 is 1.38 bits per heavy atom. The zero-order chi connectivity index (χ0) is 9.52. The van der Waals surface area contributed by atoms with Crippen molar-refractivity contribution in [3.63, 3.8) is 0 Å². The van der Waals surface area contributed by atoms with Crippen molar-refractivity contribution in [2.75, 3.05) is 6.61 Å². The highest BCUT2D eigenvalue weighted by Gasteiger charge is 1.91. The molecule has 0 unspecified atom stereocenters. The third-order valence-electron chi connectivity index (χ3n) is 1.32. The van der Waals surface area contributed by atoms with E-state index in [1.807, 2.05) is 6.07 Å². The smallest absolute Gasteiger partial charge is 0.141 e. The summed E-state index contributed by atoms with van der Waals surface area (Å²) < 4.78 is 0. The quantitative estimate of drug-likeness (QED) is 0.634. The van der Waals surface area contributed by atoms with Crippen molar-refractivity contribution in [2.24, 2.45) is 0 Å². The number of aliphatic hydroxyl groups is 1. The monoisotopic (exact) mass is 172 g/mol. The minimum Gasteiger partial charge on any atom is -0.395 e. The second-order valence-electron chi connectivity index (χ2n) is 2.30. The molecule has 1 heterocycles. The number of nitriles is 1. The first-order valence-electron chi connectivity index (χ1n) is 3.83. The van der Waals surface area contributed by atoms with Crippen LogP contribution in [0.2, 0.25) is 0 Å². The molecule has 0 saturated carbocycles. The maximum atomic E-state index is 8.53. The molecule has 0 fully saturated rings. The van der Waals surface area contributed by atoms with E-state index in [0.29, 0.717) is 17.8 Å². The van der Waals surface area contributed by atoms with Gasteiger partial charge in [-0.3, -0.25) is 0 Å². The number of pyridine rings is 1. The van der Waals surface area contributed by atoms with Gasteiger partial charge in [-0.25, -0.2) is 4.98 Å². The van der Waals surface area contributed by atoms with Crippen LogP contribution < -0.4 is 0 Å². The largest absolute Gasteiger partial charge is 0.395 e. The molecule has 0 aliphatic heterocycles. The van der Waals surface area contributed by atoms with Gasteiger partial charge in [0.05, 0.1) is 6.61 Å². The van der Waals surface area contributed by atoms with Crippen molar-refractivity contribution in [3.05, 3.63) is 29.6 Å². The fourth-order valence-corrected chi connectivity index (χ4v) is 0.776. The summed E-state index contributed by atoms with van der Waals surface area (Å²) in [6.07, 6.45) is 0.429. The van der Waals surface area contributed by atoms with Crippen molar-refractivity contribution >= 4 is 0 Å². The summed E-state index contributed by atoms with van der Waals surface area (Å²) in [5.41, 5.74) is 0.920. The van der Waals surface area contributed by atoms with Crippen molar-refractivity contribution in [2.45, 2.75) is 6.42 Å².